The molecule has 0 bridgehead atoms. The number of rotatable bonds is 6. The van der Waals surface area contributed by atoms with Gasteiger partial charge < -0.3 is 14.2 Å². The number of methoxy groups -OCH3 is 3. The average Bonchev–Trinajstić information content (AvgIpc) is 2.68. The molecule has 0 N–H and O–H groups in total. The van der Waals surface area contributed by atoms with Crippen molar-refractivity contribution in [3.8, 4) is 28.5 Å². The molecule has 2 aromatic carbocycles. The van der Waals surface area contributed by atoms with Crippen LogP contribution < -0.4 is 14.2 Å². The maximum atomic E-state index is 5.54. The Hall–Kier alpha value is -3.01. The molecule has 0 saturated heterocycles. The Bertz CT molecular complexity index is 847. The van der Waals surface area contributed by atoms with E-state index in [1.165, 1.54) is 0 Å². The van der Waals surface area contributed by atoms with Gasteiger partial charge in [-0.05, 0) is 17.7 Å². The highest BCUT2D eigenvalue weighted by atomic mass is 16.5. The molecular weight excluding hydrogens is 314 g/mol. The number of ether oxygens (including phenoxy) is 3. The topological polar surface area (TPSA) is 40.6 Å². The second-order valence-corrected chi connectivity index (χ2v) is 5.59. The normalized spacial score (nSPS) is 10.4. The fraction of sp³-hybridized carbons (Fsp3) is 0.190. The van der Waals surface area contributed by atoms with Gasteiger partial charge in [0, 0.05) is 29.3 Å². The van der Waals surface area contributed by atoms with E-state index in [1.807, 2.05) is 42.6 Å². The van der Waals surface area contributed by atoms with Crippen LogP contribution >= 0.6 is 0 Å². The summed E-state index contributed by atoms with van der Waals surface area (Å²) in [6.07, 6.45) is 2.47. The molecule has 0 unspecified atom stereocenters. The molecule has 0 atom stereocenters. The molecule has 25 heavy (non-hydrogen) atoms. The molecule has 4 heteroatoms. The first-order valence-corrected chi connectivity index (χ1v) is 8.05. The van der Waals surface area contributed by atoms with Gasteiger partial charge in [0.2, 0.25) is 5.88 Å². The monoisotopic (exact) mass is 335 g/mol. The molecule has 0 aliphatic carbocycles. The Labute approximate surface area is 148 Å². The predicted molar refractivity (Wildman–Crippen MR) is 98.6 cm³/mol. The molecule has 0 fully saturated rings. The molecule has 4 nitrogen and oxygen atoms in total. The van der Waals surface area contributed by atoms with Gasteiger partial charge in [-0.3, -0.25) is 0 Å². The lowest BCUT2D eigenvalue weighted by Gasteiger charge is -2.14. The van der Waals surface area contributed by atoms with E-state index >= 15 is 0 Å². The summed E-state index contributed by atoms with van der Waals surface area (Å²) >= 11 is 0. The summed E-state index contributed by atoms with van der Waals surface area (Å²) in [6.45, 7) is 0. The van der Waals surface area contributed by atoms with Crippen molar-refractivity contribution in [1.82, 2.24) is 4.98 Å². The number of benzene rings is 2. The van der Waals surface area contributed by atoms with Gasteiger partial charge in [0.15, 0.2) is 11.5 Å². The molecule has 1 aromatic heterocycles. The largest absolute Gasteiger partial charge is 0.493 e. The lowest BCUT2D eigenvalue weighted by atomic mass is 10.0. The van der Waals surface area contributed by atoms with Crippen LogP contribution in [-0.2, 0) is 6.42 Å². The first-order valence-electron chi connectivity index (χ1n) is 8.05. The van der Waals surface area contributed by atoms with Crippen LogP contribution in [0.4, 0.5) is 0 Å². The summed E-state index contributed by atoms with van der Waals surface area (Å²) < 4.78 is 16.4. The highest BCUT2D eigenvalue weighted by Crippen LogP contribution is 2.34. The second-order valence-electron chi connectivity index (χ2n) is 5.59. The van der Waals surface area contributed by atoms with Crippen LogP contribution in [0.25, 0.3) is 11.1 Å². The van der Waals surface area contributed by atoms with Crippen LogP contribution in [0.5, 0.6) is 17.4 Å². The van der Waals surface area contributed by atoms with Crippen molar-refractivity contribution in [3.05, 3.63) is 71.9 Å². The number of pyridine rings is 1. The molecule has 3 aromatic rings. The first kappa shape index (κ1) is 16.8. The molecule has 0 saturated carbocycles. The zero-order valence-corrected chi connectivity index (χ0v) is 14.7. The number of hydrogen-bond donors (Lipinski definition) is 0. The predicted octanol–water partition coefficient (Wildman–Crippen LogP) is 4.37. The summed E-state index contributed by atoms with van der Waals surface area (Å²) in [5.41, 5.74) is 4.19. The number of aromatic nitrogens is 1. The Balaban J connectivity index is 2.02. The fourth-order valence-corrected chi connectivity index (χ4v) is 2.89. The molecule has 0 aliphatic heterocycles. The minimum absolute atomic E-state index is 0.615. The number of nitrogens with zero attached hydrogens (tertiary/aromatic N) is 1. The van der Waals surface area contributed by atoms with Crippen LogP contribution in [0.3, 0.4) is 0 Å². The van der Waals surface area contributed by atoms with Crippen molar-refractivity contribution >= 4 is 0 Å². The van der Waals surface area contributed by atoms with Crippen LogP contribution in [0.2, 0.25) is 0 Å². The third-order valence-corrected chi connectivity index (χ3v) is 4.09. The lowest BCUT2D eigenvalue weighted by Crippen LogP contribution is -2.00. The summed E-state index contributed by atoms with van der Waals surface area (Å²) in [6, 6.07) is 18.2. The van der Waals surface area contributed by atoms with Gasteiger partial charge >= 0.3 is 0 Å². The maximum absolute atomic E-state index is 5.54. The van der Waals surface area contributed by atoms with Gasteiger partial charge in [0.1, 0.15) is 0 Å². The summed E-state index contributed by atoms with van der Waals surface area (Å²) in [4.78, 5) is 4.47. The highest BCUT2D eigenvalue weighted by Gasteiger charge is 2.14. The molecule has 128 valence electrons. The van der Waals surface area contributed by atoms with E-state index in [9.17, 15) is 0 Å². The van der Waals surface area contributed by atoms with Crippen molar-refractivity contribution < 1.29 is 14.2 Å². The van der Waals surface area contributed by atoms with E-state index < -0.39 is 0 Å². The van der Waals surface area contributed by atoms with E-state index in [0.29, 0.717) is 18.1 Å². The van der Waals surface area contributed by atoms with E-state index in [2.05, 4.69) is 23.2 Å². The van der Waals surface area contributed by atoms with Crippen LogP contribution in [0, 0.1) is 0 Å². The molecule has 0 radical (unpaired) electrons. The Morgan fingerprint density at radius 2 is 1.56 bits per heavy atom. The lowest BCUT2D eigenvalue weighted by molar-refractivity contribution is 0.352. The summed E-state index contributed by atoms with van der Waals surface area (Å²) in [7, 11) is 4.92. The summed E-state index contributed by atoms with van der Waals surface area (Å²) in [5.74, 6) is 2.06. The van der Waals surface area contributed by atoms with Gasteiger partial charge in [-0.15, -0.1) is 0 Å². The smallest absolute Gasteiger partial charge is 0.216 e. The molecule has 0 spiro atoms. The van der Waals surface area contributed by atoms with Gasteiger partial charge in [0.05, 0.1) is 21.3 Å². The van der Waals surface area contributed by atoms with Crippen molar-refractivity contribution in [3.63, 3.8) is 0 Å². The van der Waals surface area contributed by atoms with E-state index in [4.69, 9.17) is 14.2 Å². The van der Waals surface area contributed by atoms with Gasteiger partial charge in [-0.1, -0.05) is 42.5 Å². The molecular formula is C21H21NO3. The number of hydrogen-bond acceptors (Lipinski definition) is 4. The van der Waals surface area contributed by atoms with Crippen molar-refractivity contribution in [2.24, 2.45) is 0 Å². The zero-order chi connectivity index (χ0) is 17.6. The Morgan fingerprint density at radius 3 is 2.24 bits per heavy atom. The zero-order valence-electron chi connectivity index (χ0n) is 14.7. The van der Waals surface area contributed by atoms with Gasteiger partial charge in [0.25, 0.3) is 0 Å². The van der Waals surface area contributed by atoms with Gasteiger partial charge in [-0.2, -0.15) is 0 Å². The second kappa shape index (κ2) is 7.71. The molecule has 1 heterocycles. The first-order chi connectivity index (χ1) is 12.3. The number of para-hydroxylation sites is 1. The van der Waals surface area contributed by atoms with E-state index in [1.54, 1.807) is 21.3 Å². The quantitative estimate of drug-likeness (QED) is 0.671. The fourth-order valence-electron chi connectivity index (χ4n) is 2.89. The minimum atomic E-state index is 0.615. The van der Waals surface area contributed by atoms with Crippen molar-refractivity contribution in [1.29, 1.82) is 0 Å². The molecule has 0 aliphatic rings. The standard InChI is InChI=1S/C21H21NO3/c1-23-19-11-7-10-16(20(19)24-2)12-17-13-18(14-22-21(17)25-3)15-8-5-4-6-9-15/h4-11,13-14H,12H2,1-3H3. The summed E-state index contributed by atoms with van der Waals surface area (Å²) in [5, 5.41) is 0. The Kier molecular flexibility index (Phi) is 5.19. The van der Waals surface area contributed by atoms with Crippen LogP contribution in [-0.4, -0.2) is 26.3 Å². The molecule has 0 amide bonds. The third kappa shape index (κ3) is 3.58. The van der Waals surface area contributed by atoms with Gasteiger partial charge in [-0.25, -0.2) is 4.98 Å². The van der Waals surface area contributed by atoms with E-state index in [0.717, 1.165) is 28.0 Å². The molecule has 3 rings (SSSR count). The van der Waals surface area contributed by atoms with Crippen molar-refractivity contribution in [2.75, 3.05) is 21.3 Å². The van der Waals surface area contributed by atoms with E-state index in [-0.39, 0.29) is 0 Å². The highest BCUT2D eigenvalue weighted by molar-refractivity contribution is 5.64. The third-order valence-electron chi connectivity index (χ3n) is 4.09. The maximum Gasteiger partial charge on any atom is 0.216 e. The average molecular weight is 335 g/mol. The van der Waals surface area contributed by atoms with Crippen LogP contribution in [0.15, 0.2) is 60.8 Å². The minimum Gasteiger partial charge on any atom is -0.493 e. The van der Waals surface area contributed by atoms with Crippen molar-refractivity contribution in [2.45, 2.75) is 6.42 Å². The Morgan fingerprint density at radius 1 is 0.760 bits per heavy atom. The van der Waals surface area contributed by atoms with Crippen LogP contribution in [0.1, 0.15) is 11.1 Å². The SMILES string of the molecule is COc1cccc(Cc2cc(-c3ccccc3)cnc2OC)c1OC.